The van der Waals surface area contributed by atoms with E-state index in [1.165, 1.54) is 11.8 Å². The van der Waals surface area contributed by atoms with E-state index in [2.05, 4.69) is 5.32 Å². The number of aliphatic carboxylic acids is 1. The van der Waals surface area contributed by atoms with Crippen molar-refractivity contribution in [1.82, 2.24) is 0 Å². The Hall–Kier alpha value is -1.20. The molecule has 1 amide bonds. The van der Waals surface area contributed by atoms with Crippen LogP contribution < -0.4 is 5.32 Å². The van der Waals surface area contributed by atoms with Crippen LogP contribution in [0.2, 0.25) is 5.02 Å². The lowest BCUT2D eigenvalue weighted by Crippen LogP contribution is -2.14. The fourth-order valence-corrected chi connectivity index (χ4v) is 2.58. The standard InChI is InChI=1S/C13H16ClNO3S/c1-9(8-13(17)18)19-7-6-12(16)15-11-5-3-2-4-10(11)14/h2-5,9H,6-8H2,1H3,(H,15,16)(H,17,18). The third kappa shape index (κ3) is 6.50. The Morgan fingerprint density at radius 3 is 2.74 bits per heavy atom. The third-order valence-electron chi connectivity index (χ3n) is 2.34. The van der Waals surface area contributed by atoms with Crippen molar-refractivity contribution < 1.29 is 14.7 Å². The maximum Gasteiger partial charge on any atom is 0.304 e. The topological polar surface area (TPSA) is 66.4 Å². The largest absolute Gasteiger partial charge is 0.481 e. The molecule has 1 atom stereocenters. The van der Waals surface area contributed by atoms with Gasteiger partial charge in [0, 0.05) is 17.4 Å². The van der Waals surface area contributed by atoms with Crippen LogP contribution in [0.25, 0.3) is 0 Å². The summed E-state index contributed by atoms with van der Waals surface area (Å²) in [5.41, 5.74) is 0.595. The van der Waals surface area contributed by atoms with Gasteiger partial charge in [-0.1, -0.05) is 30.7 Å². The molecule has 6 heteroatoms. The summed E-state index contributed by atoms with van der Waals surface area (Å²) in [6, 6.07) is 7.04. The molecule has 0 radical (unpaired) electrons. The number of halogens is 1. The maximum absolute atomic E-state index is 11.7. The van der Waals surface area contributed by atoms with E-state index in [9.17, 15) is 9.59 Å². The van der Waals surface area contributed by atoms with Gasteiger partial charge in [-0.05, 0) is 12.1 Å². The molecule has 104 valence electrons. The first-order chi connectivity index (χ1) is 8.99. The van der Waals surface area contributed by atoms with Gasteiger partial charge in [-0.2, -0.15) is 11.8 Å². The van der Waals surface area contributed by atoms with Crippen molar-refractivity contribution in [2.24, 2.45) is 0 Å². The lowest BCUT2D eigenvalue weighted by Gasteiger charge is -2.09. The summed E-state index contributed by atoms with van der Waals surface area (Å²) in [7, 11) is 0. The molecule has 0 aliphatic carbocycles. The Labute approximate surface area is 121 Å². The second-order valence-electron chi connectivity index (χ2n) is 4.06. The van der Waals surface area contributed by atoms with Crippen LogP contribution in [0.1, 0.15) is 19.8 Å². The van der Waals surface area contributed by atoms with Gasteiger partial charge in [0.15, 0.2) is 0 Å². The molecule has 0 bridgehead atoms. The summed E-state index contributed by atoms with van der Waals surface area (Å²) < 4.78 is 0. The highest BCUT2D eigenvalue weighted by Crippen LogP contribution is 2.21. The van der Waals surface area contributed by atoms with Crippen molar-refractivity contribution in [2.75, 3.05) is 11.1 Å². The Morgan fingerprint density at radius 1 is 1.42 bits per heavy atom. The number of carbonyl (C=O) groups is 2. The van der Waals surface area contributed by atoms with E-state index in [0.29, 0.717) is 22.9 Å². The Kier molecular flexibility index (Phi) is 6.73. The van der Waals surface area contributed by atoms with Crippen molar-refractivity contribution in [3.63, 3.8) is 0 Å². The van der Waals surface area contributed by atoms with Crippen LogP contribution >= 0.6 is 23.4 Å². The minimum Gasteiger partial charge on any atom is -0.481 e. The van der Waals surface area contributed by atoms with Crippen molar-refractivity contribution in [2.45, 2.75) is 25.0 Å². The predicted molar refractivity (Wildman–Crippen MR) is 78.9 cm³/mol. The number of benzene rings is 1. The zero-order chi connectivity index (χ0) is 14.3. The van der Waals surface area contributed by atoms with Gasteiger partial charge in [0.25, 0.3) is 0 Å². The van der Waals surface area contributed by atoms with Gasteiger partial charge in [0.05, 0.1) is 17.1 Å². The van der Waals surface area contributed by atoms with Crippen molar-refractivity contribution in [3.05, 3.63) is 29.3 Å². The molecule has 19 heavy (non-hydrogen) atoms. The summed E-state index contributed by atoms with van der Waals surface area (Å²) in [6.07, 6.45) is 0.441. The monoisotopic (exact) mass is 301 g/mol. The van der Waals surface area contributed by atoms with Crippen molar-refractivity contribution in [1.29, 1.82) is 0 Å². The number of nitrogens with one attached hydrogen (secondary N) is 1. The zero-order valence-electron chi connectivity index (χ0n) is 10.6. The number of carboxylic acid groups (broad SMARTS) is 1. The summed E-state index contributed by atoms with van der Waals surface area (Å²) in [4.78, 5) is 22.1. The molecule has 0 fully saturated rings. The lowest BCUT2D eigenvalue weighted by molar-refractivity contribution is -0.136. The second-order valence-corrected chi connectivity index (χ2v) is 6.01. The molecule has 4 nitrogen and oxygen atoms in total. The SMILES string of the molecule is CC(CC(=O)O)SCCC(=O)Nc1ccccc1Cl. The number of para-hydroxylation sites is 1. The van der Waals surface area contributed by atoms with Crippen molar-refractivity contribution in [3.8, 4) is 0 Å². The lowest BCUT2D eigenvalue weighted by atomic mass is 10.3. The molecule has 0 aliphatic rings. The second kappa shape index (κ2) is 8.07. The molecule has 2 N–H and O–H groups in total. The molecule has 1 aromatic rings. The average Bonchev–Trinajstić information content (AvgIpc) is 2.31. The number of anilines is 1. The first kappa shape index (κ1) is 15.9. The van der Waals surface area contributed by atoms with Gasteiger partial charge in [0.1, 0.15) is 0 Å². The third-order valence-corrected chi connectivity index (χ3v) is 3.85. The van der Waals surface area contributed by atoms with E-state index in [4.69, 9.17) is 16.7 Å². The maximum atomic E-state index is 11.7. The fraction of sp³-hybridized carbons (Fsp3) is 0.385. The first-order valence-electron chi connectivity index (χ1n) is 5.87. The van der Waals surface area contributed by atoms with E-state index in [-0.39, 0.29) is 17.6 Å². The zero-order valence-corrected chi connectivity index (χ0v) is 12.1. The number of amides is 1. The van der Waals surface area contributed by atoms with Gasteiger partial charge >= 0.3 is 5.97 Å². The number of thioether (sulfide) groups is 1. The fourth-order valence-electron chi connectivity index (χ4n) is 1.43. The van der Waals surface area contributed by atoms with Crippen LogP contribution in [-0.4, -0.2) is 28.0 Å². The molecular formula is C13H16ClNO3S. The molecule has 0 saturated carbocycles. The molecule has 0 aromatic heterocycles. The number of hydrogen-bond acceptors (Lipinski definition) is 3. The quantitative estimate of drug-likeness (QED) is 0.811. The van der Waals surface area contributed by atoms with E-state index in [0.717, 1.165) is 0 Å². The van der Waals surface area contributed by atoms with E-state index in [1.54, 1.807) is 24.3 Å². The Bertz CT molecular complexity index is 453. The van der Waals surface area contributed by atoms with Crippen LogP contribution in [0.15, 0.2) is 24.3 Å². The highest BCUT2D eigenvalue weighted by atomic mass is 35.5. The number of carboxylic acids is 1. The molecule has 0 saturated heterocycles. The number of hydrogen-bond donors (Lipinski definition) is 2. The van der Waals surface area contributed by atoms with E-state index in [1.807, 2.05) is 6.92 Å². The average molecular weight is 302 g/mol. The number of carbonyl (C=O) groups excluding carboxylic acids is 1. The summed E-state index contributed by atoms with van der Waals surface area (Å²) >= 11 is 7.40. The summed E-state index contributed by atoms with van der Waals surface area (Å²) in [5, 5.41) is 11.8. The molecule has 1 unspecified atom stereocenters. The molecule has 1 rings (SSSR count). The van der Waals surface area contributed by atoms with Gasteiger partial charge in [-0.25, -0.2) is 0 Å². The highest BCUT2D eigenvalue weighted by molar-refractivity contribution is 7.99. The molecule has 0 spiro atoms. The molecule has 0 heterocycles. The smallest absolute Gasteiger partial charge is 0.304 e. The number of rotatable bonds is 7. The van der Waals surface area contributed by atoms with Crippen LogP contribution in [0.3, 0.4) is 0 Å². The van der Waals surface area contributed by atoms with Crippen molar-refractivity contribution >= 4 is 40.9 Å². The molecule has 0 aliphatic heterocycles. The molecular weight excluding hydrogens is 286 g/mol. The highest BCUT2D eigenvalue weighted by Gasteiger charge is 2.10. The minimum absolute atomic E-state index is 0.00520. The summed E-state index contributed by atoms with van der Waals surface area (Å²) in [6.45, 7) is 1.84. The van der Waals surface area contributed by atoms with E-state index >= 15 is 0 Å². The minimum atomic E-state index is -0.819. The molecule has 1 aromatic carbocycles. The normalized spacial score (nSPS) is 11.9. The van der Waals surface area contributed by atoms with Crippen LogP contribution in [-0.2, 0) is 9.59 Å². The van der Waals surface area contributed by atoms with E-state index < -0.39 is 5.97 Å². The van der Waals surface area contributed by atoms with Crippen LogP contribution in [0.5, 0.6) is 0 Å². The predicted octanol–water partition coefficient (Wildman–Crippen LogP) is 3.27. The van der Waals surface area contributed by atoms with Gasteiger partial charge < -0.3 is 10.4 Å². The summed E-state index contributed by atoms with van der Waals surface area (Å²) in [5.74, 6) is -0.353. The Balaban J connectivity index is 2.29. The Morgan fingerprint density at radius 2 is 2.11 bits per heavy atom. The van der Waals surface area contributed by atoms with Gasteiger partial charge in [0.2, 0.25) is 5.91 Å². The van der Waals surface area contributed by atoms with Gasteiger partial charge in [-0.15, -0.1) is 0 Å². The van der Waals surface area contributed by atoms with Crippen LogP contribution in [0, 0.1) is 0 Å². The van der Waals surface area contributed by atoms with Crippen LogP contribution in [0.4, 0.5) is 5.69 Å². The van der Waals surface area contributed by atoms with Gasteiger partial charge in [-0.3, -0.25) is 9.59 Å². The first-order valence-corrected chi connectivity index (χ1v) is 7.29.